The zero-order valence-corrected chi connectivity index (χ0v) is 10.8. The van der Waals surface area contributed by atoms with E-state index in [1.165, 1.54) is 0 Å². The van der Waals surface area contributed by atoms with Gasteiger partial charge < -0.3 is 9.47 Å². The zero-order chi connectivity index (χ0) is 11.8. The maximum absolute atomic E-state index is 11.4. The summed E-state index contributed by atoms with van der Waals surface area (Å²) in [5, 5.41) is 0.765. The quantitative estimate of drug-likeness (QED) is 0.596. The van der Waals surface area contributed by atoms with E-state index in [0.29, 0.717) is 13.2 Å². The first-order valence-electron chi connectivity index (χ1n) is 5.20. The van der Waals surface area contributed by atoms with E-state index in [1.54, 1.807) is 6.92 Å². The number of benzene rings is 1. The lowest BCUT2D eigenvalue weighted by molar-refractivity contribution is -0.142. The lowest BCUT2D eigenvalue weighted by Gasteiger charge is -2.09. The van der Waals surface area contributed by atoms with Gasteiger partial charge in [-0.15, -0.1) is 0 Å². The van der Waals surface area contributed by atoms with Crippen LogP contribution in [0.4, 0.5) is 0 Å². The fraction of sp³-hybridized carbons (Fsp3) is 0.417. The molecule has 1 aromatic rings. The monoisotopic (exact) mass is 286 g/mol. The molecular weight excluding hydrogens is 272 g/mol. The lowest BCUT2D eigenvalue weighted by atomic mass is 10.1. The second-order valence-electron chi connectivity index (χ2n) is 3.13. The molecule has 0 aliphatic rings. The summed E-state index contributed by atoms with van der Waals surface area (Å²) in [5.41, 5.74) is 0.863. The molecule has 0 aliphatic heterocycles. The van der Waals surface area contributed by atoms with Gasteiger partial charge in [-0.1, -0.05) is 34.1 Å². The van der Waals surface area contributed by atoms with Gasteiger partial charge in [-0.05, 0) is 13.0 Å². The fourth-order valence-electron chi connectivity index (χ4n) is 1.31. The van der Waals surface area contributed by atoms with Gasteiger partial charge in [0.2, 0.25) is 0 Å². The van der Waals surface area contributed by atoms with Crippen LogP contribution in [0.3, 0.4) is 0 Å². The molecule has 16 heavy (non-hydrogen) atoms. The zero-order valence-electron chi connectivity index (χ0n) is 9.24. The number of hydrogen-bond donors (Lipinski definition) is 0. The van der Waals surface area contributed by atoms with E-state index in [9.17, 15) is 4.79 Å². The number of esters is 1. The third-order valence-corrected chi connectivity index (χ3v) is 2.27. The van der Waals surface area contributed by atoms with Crippen molar-refractivity contribution in [1.82, 2.24) is 0 Å². The van der Waals surface area contributed by atoms with Gasteiger partial charge in [-0.25, -0.2) is 0 Å². The summed E-state index contributed by atoms with van der Waals surface area (Å²) >= 11 is 3.29. The largest absolute Gasteiger partial charge is 0.492 e. The highest BCUT2D eigenvalue weighted by Crippen LogP contribution is 2.18. The molecule has 0 fully saturated rings. The first-order chi connectivity index (χ1) is 7.77. The van der Waals surface area contributed by atoms with Crippen LogP contribution in [-0.2, 0) is 16.0 Å². The molecule has 0 spiro atoms. The van der Waals surface area contributed by atoms with Crippen LogP contribution in [0.15, 0.2) is 24.3 Å². The van der Waals surface area contributed by atoms with Gasteiger partial charge >= 0.3 is 5.97 Å². The van der Waals surface area contributed by atoms with Gasteiger partial charge in [0.25, 0.3) is 0 Å². The van der Waals surface area contributed by atoms with Crippen molar-refractivity contribution >= 4 is 21.9 Å². The van der Waals surface area contributed by atoms with E-state index in [0.717, 1.165) is 16.6 Å². The number of para-hydroxylation sites is 1. The number of halogens is 1. The summed E-state index contributed by atoms with van der Waals surface area (Å²) in [6.45, 7) is 2.79. The molecule has 88 valence electrons. The Labute approximate surface area is 104 Å². The van der Waals surface area contributed by atoms with Crippen molar-refractivity contribution in [3.63, 3.8) is 0 Å². The first-order valence-corrected chi connectivity index (χ1v) is 6.32. The van der Waals surface area contributed by atoms with Crippen LogP contribution in [0.5, 0.6) is 5.75 Å². The molecule has 0 heterocycles. The molecule has 0 radical (unpaired) electrons. The molecule has 3 nitrogen and oxygen atoms in total. The molecule has 0 amide bonds. The third kappa shape index (κ3) is 4.23. The van der Waals surface area contributed by atoms with Crippen molar-refractivity contribution in [3.05, 3.63) is 29.8 Å². The van der Waals surface area contributed by atoms with Crippen molar-refractivity contribution in [2.75, 3.05) is 18.5 Å². The minimum Gasteiger partial charge on any atom is -0.492 e. The van der Waals surface area contributed by atoms with Gasteiger partial charge in [0, 0.05) is 10.9 Å². The molecule has 0 bridgehead atoms. The summed E-state index contributed by atoms with van der Waals surface area (Å²) in [6, 6.07) is 7.51. The molecular formula is C12H15BrO3. The third-order valence-electron chi connectivity index (χ3n) is 1.95. The van der Waals surface area contributed by atoms with Gasteiger partial charge in [-0.3, -0.25) is 4.79 Å². The SMILES string of the molecule is CCOC(=O)Cc1ccccc1OCCBr. The topological polar surface area (TPSA) is 35.5 Å². The minimum atomic E-state index is -0.225. The molecule has 0 atom stereocenters. The minimum absolute atomic E-state index is 0.225. The van der Waals surface area contributed by atoms with E-state index in [2.05, 4.69) is 15.9 Å². The summed E-state index contributed by atoms with van der Waals surface area (Å²) < 4.78 is 10.4. The van der Waals surface area contributed by atoms with E-state index < -0.39 is 0 Å². The van der Waals surface area contributed by atoms with Gasteiger partial charge in [0.15, 0.2) is 0 Å². The number of alkyl halides is 1. The van der Waals surface area contributed by atoms with Crippen LogP contribution >= 0.6 is 15.9 Å². The molecule has 0 saturated heterocycles. The molecule has 0 N–H and O–H groups in total. The van der Waals surface area contributed by atoms with Gasteiger partial charge in [0.1, 0.15) is 5.75 Å². The summed E-state index contributed by atoms with van der Waals surface area (Å²) in [4.78, 5) is 11.4. The maximum Gasteiger partial charge on any atom is 0.310 e. The second kappa shape index (κ2) is 7.28. The van der Waals surface area contributed by atoms with E-state index in [-0.39, 0.29) is 12.4 Å². The van der Waals surface area contributed by atoms with E-state index in [4.69, 9.17) is 9.47 Å². The van der Waals surface area contributed by atoms with Gasteiger partial charge in [0.05, 0.1) is 19.6 Å². The van der Waals surface area contributed by atoms with Crippen LogP contribution in [0.25, 0.3) is 0 Å². The predicted molar refractivity (Wildman–Crippen MR) is 66.1 cm³/mol. The van der Waals surface area contributed by atoms with Crippen molar-refractivity contribution in [3.8, 4) is 5.75 Å². The standard InChI is InChI=1S/C12H15BrO3/c1-2-15-12(14)9-10-5-3-4-6-11(10)16-8-7-13/h3-6H,2,7-9H2,1H3. The number of ether oxygens (including phenoxy) is 2. The predicted octanol–water partition coefficient (Wildman–Crippen LogP) is 2.57. The summed E-state index contributed by atoms with van der Waals surface area (Å²) in [6.07, 6.45) is 0.256. The molecule has 0 unspecified atom stereocenters. The Kier molecular flexibility index (Phi) is 5.93. The summed E-state index contributed by atoms with van der Waals surface area (Å²) in [7, 11) is 0. The average molecular weight is 287 g/mol. The number of carbonyl (C=O) groups excluding carboxylic acids is 1. The number of carbonyl (C=O) groups is 1. The molecule has 4 heteroatoms. The van der Waals surface area contributed by atoms with Crippen LogP contribution in [0, 0.1) is 0 Å². The van der Waals surface area contributed by atoms with Crippen LogP contribution < -0.4 is 4.74 Å². The summed E-state index contributed by atoms with van der Waals surface area (Å²) in [5.74, 6) is 0.521. The smallest absolute Gasteiger partial charge is 0.310 e. The number of rotatable bonds is 6. The van der Waals surface area contributed by atoms with Crippen molar-refractivity contribution in [2.45, 2.75) is 13.3 Å². The molecule has 0 saturated carbocycles. The van der Waals surface area contributed by atoms with Crippen molar-refractivity contribution in [1.29, 1.82) is 0 Å². The Bertz CT molecular complexity index is 339. The highest BCUT2D eigenvalue weighted by Gasteiger charge is 2.08. The molecule has 1 aromatic carbocycles. The first kappa shape index (κ1) is 13.0. The Morgan fingerprint density at radius 1 is 1.38 bits per heavy atom. The molecule has 1 rings (SSSR count). The number of hydrogen-bond acceptors (Lipinski definition) is 3. The van der Waals surface area contributed by atoms with Crippen molar-refractivity contribution < 1.29 is 14.3 Å². The maximum atomic E-state index is 11.4. The Balaban J connectivity index is 2.66. The van der Waals surface area contributed by atoms with Crippen LogP contribution in [-0.4, -0.2) is 24.5 Å². The van der Waals surface area contributed by atoms with Gasteiger partial charge in [-0.2, -0.15) is 0 Å². The highest BCUT2D eigenvalue weighted by atomic mass is 79.9. The van der Waals surface area contributed by atoms with Crippen molar-refractivity contribution in [2.24, 2.45) is 0 Å². The fourth-order valence-corrected chi connectivity index (χ4v) is 1.47. The second-order valence-corrected chi connectivity index (χ2v) is 3.92. The highest BCUT2D eigenvalue weighted by molar-refractivity contribution is 9.09. The van der Waals surface area contributed by atoms with E-state index in [1.807, 2.05) is 24.3 Å². The Morgan fingerprint density at radius 2 is 2.12 bits per heavy atom. The molecule has 0 aliphatic carbocycles. The van der Waals surface area contributed by atoms with Crippen LogP contribution in [0.2, 0.25) is 0 Å². The lowest BCUT2D eigenvalue weighted by Crippen LogP contribution is -2.09. The Hall–Kier alpha value is -1.03. The van der Waals surface area contributed by atoms with Crippen LogP contribution in [0.1, 0.15) is 12.5 Å². The normalized spacial score (nSPS) is 9.88. The molecule has 0 aromatic heterocycles. The Morgan fingerprint density at radius 3 is 2.81 bits per heavy atom. The average Bonchev–Trinajstić information content (AvgIpc) is 2.28. The van der Waals surface area contributed by atoms with E-state index >= 15 is 0 Å².